The summed E-state index contributed by atoms with van der Waals surface area (Å²) in [6.07, 6.45) is 0.513. The number of rotatable bonds is 8. The van der Waals surface area contributed by atoms with E-state index in [0.717, 1.165) is 41.7 Å². The van der Waals surface area contributed by atoms with E-state index in [2.05, 4.69) is 15.0 Å². The van der Waals surface area contributed by atoms with Crippen molar-refractivity contribution in [2.45, 2.75) is 31.8 Å². The Morgan fingerprint density at radius 3 is 2.53 bits per heavy atom. The Balaban J connectivity index is 2.03. The maximum atomic E-state index is 13.6. The minimum atomic E-state index is -3.99. The summed E-state index contributed by atoms with van der Waals surface area (Å²) in [6, 6.07) is 11.0. The molecule has 9 heteroatoms. The van der Waals surface area contributed by atoms with Gasteiger partial charge in [0.05, 0.1) is 10.6 Å². The average Bonchev–Trinajstić information content (AvgIpc) is 2.73. The van der Waals surface area contributed by atoms with Crippen LogP contribution >= 0.6 is 0 Å². The first-order valence-electron chi connectivity index (χ1n) is 9.97. The fraction of sp³-hybridized carbons (Fsp3) is 0.429. The predicted octanol–water partition coefficient (Wildman–Crippen LogP) is 3.61. The number of nitrogens with zero attached hydrogens (tertiary/aromatic N) is 2. The molecule has 2 aromatic carbocycles. The number of piperazine rings is 1. The molecular formula is C21H27F2N3O3S. The largest absolute Gasteiger partial charge is 0.433 e. The highest BCUT2D eigenvalue weighted by Gasteiger charge is 2.28. The van der Waals surface area contributed by atoms with Crippen LogP contribution in [0.2, 0.25) is 0 Å². The van der Waals surface area contributed by atoms with E-state index in [9.17, 15) is 17.2 Å². The predicted molar refractivity (Wildman–Crippen MR) is 114 cm³/mol. The lowest BCUT2D eigenvalue weighted by atomic mass is 10.1. The Kier molecular flexibility index (Phi) is 7.14. The Morgan fingerprint density at radius 2 is 1.87 bits per heavy atom. The molecule has 6 nitrogen and oxygen atoms in total. The van der Waals surface area contributed by atoms with Gasteiger partial charge in [0.2, 0.25) is 0 Å². The summed E-state index contributed by atoms with van der Waals surface area (Å²) in [5.41, 5.74) is 1.95. The number of anilines is 2. The van der Waals surface area contributed by atoms with Crippen LogP contribution in [-0.4, -0.2) is 47.8 Å². The number of ether oxygens (including phenoxy) is 1. The van der Waals surface area contributed by atoms with E-state index in [0.29, 0.717) is 6.42 Å². The standard InChI is InChI=1S/C21H27F2N3O3S/c1-3-12-26(18-6-4-5-7-20(18)29-21(22)23)30(27,28)17-9-8-16(2)19(15-17)25-13-10-24-11-14-25/h4-9,15,21,24H,3,10-14H2,1-2H3. The topological polar surface area (TPSA) is 61.9 Å². The summed E-state index contributed by atoms with van der Waals surface area (Å²) >= 11 is 0. The molecule has 1 aliphatic heterocycles. The number of hydrogen-bond acceptors (Lipinski definition) is 5. The molecule has 2 aromatic rings. The fourth-order valence-electron chi connectivity index (χ4n) is 3.56. The van der Waals surface area contributed by atoms with Crippen LogP contribution < -0.4 is 19.3 Å². The van der Waals surface area contributed by atoms with Crippen LogP contribution in [0.25, 0.3) is 0 Å². The Morgan fingerprint density at radius 1 is 1.17 bits per heavy atom. The maximum Gasteiger partial charge on any atom is 0.387 e. The van der Waals surface area contributed by atoms with Gasteiger partial charge >= 0.3 is 6.61 Å². The second-order valence-electron chi connectivity index (χ2n) is 7.11. The lowest BCUT2D eigenvalue weighted by Crippen LogP contribution is -2.43. The van der Waals surface area contributed by atoms with Crippen molar-refractivity contribution in [1.82, 2.24) is 5.32 Å². The second-order valence-corrected chi connectivity index (χ2v) is 8.97. The van der Waals surface area contributed by atoms with E-state index in [-0.39, 0.29) is 22.9 Å². The molecule has 0 saturated carbocycles. The van der Waals surface area contributed by atoms with Crippen LogP contribution in [-0.2, 0) is 10.0 Å². The smallest absolute Gasteiger partial charge is 0.387 e. The van der Waals surface area contributed by atoms with Gasteiger partial charge in [0.25, 0.3) is 10.0 Å². The van der Waals surface area contributed by atoms with Crippen LogP contribution in [0.1, 0.15) is 18.9 Å². The zero-order valence-corrected chi connectivity index (χ0v) is 18.0. The maximum absolute atomic E-state index is 13.6. The second kappa shape index (κ2) is 9.61. The molecule has 1 heterocycles. The quantitative estimate of drug-likeness (QED) is 0.681. The Labute approximate surface area is 176 Å². The van der Waals surface area contributed by atoms with Crippen molar-refractivity contribution < 1.29 is 21.9 Å². The number of para-hydroxylation sites is 2. The van der Waals surface area contributed by atoms with Gasteiger partial charge in [-0.25, -0.2) is 8.42 Å². The molecule has 0 bridgehead atoms. The normalized spacial score (nSPS) is 14.8. The van der Waals surface area contributed by atoms with Crippen molar-refractivity contribution in [3.63, 3.8) is 0 Å². The first kappa shape index (κ1) is 22.3. The van der Waals surface area contributed by atoms with E-state index in [1.165, 1.54) is 18.2 Å². The number of aryl methyl sites for hydroxylation is 1. The van der Waals surface area contributed by atoms with Crippen molar-refractivity contribution in [2.24, 2.45) is 0 Å². The van der Waals surface area contributed by atoms with Crippen molar-refractivity contribution in [3.8, 4) is 5.75 Å². The number of alkyl halides is 2. The summed E-state index contributed by atoms with van der Waals surface area (Å²) in [4.78, 5) is 2.28. The summed E-state index contributed by atoms with van der Waals surface area (Å²) in [5.74, 6) is -0.168. The zero-order valence-electron chi connectivity index (χ0n) is 17.1. The SMILES string of the molecule is CCCN(c1ccccc1OC(F)F)S(=O)(=O)c1ccc(C)c(N2CCNCC2)c1. The molecule has 1 fully saturated rings. The van der Waals surface area contributed by atoms with Crippen LogP contribution in [0.3, 0.4) is 0 Å². The molecular weight excluding hydrogens is 412 g/mol. The summed E-state index contributed by atoms with van der Waals surface area (Å²) in [6.45, 7) is 4.11. The molecule has 0 atom stereocenters. The van der Waals surface area contributed by atoms with Crippen molar-refractivity contribution in [3.05, 3.63) is 48.0 Å². The van der Waals surface area contributed by atoms with E-state index < -0.39 is 16.6 Å². The molecule has 30 heavy (non-hydrogen) atoms. The summed E-state index contributed by atoms with van der Waals surface area (Å²) in [5, 5.41) is 3.28. The van der Waals surface area contributed by atoms with Crippen LogP contribution in [0.5, 0.6) is 5.75 Å². The van der Waals surface area contributed by atoms with Gasteiger partial charge in [-0.3, -0.25) is 4.31 Å². The number of benzene rings is 2. The van der Waals surface area contributed by atoms with Crippen LogP contribution in [0, 0.1) is 6.92 Å². The molecule has 164 valence electrons. The van der Waals surface area contributed by atoms with E-state index >= 15 is 0 Å². The molecule has 3 rings (SSSR count). The van der Waals surface area contributed by atoms with Gasteiger partial charge in [0.1, 0.15) is 5.75 Å². The number of sulfonamides is 1. The number of hydrogen-bond donors (Lipinski definition) is 1. The molecule has 0 radical (unpaired) electrons. The molecule has 0 aromatic heterocycles. The number of nitrogens with one attached hydrogen (secondary N) is 1. The highest BCUT2D eigenvalue weighted by Crippen LogP contribution is 2.35. The van der Waals surface area contributed by atoms with Gasteiger partial charge in [0, 0.05) is 38.4 Å². The van der Waals surface area contributed by atoms with E-state index in [4.69, 9.17) is 0 Å². The van der Waals surface area contributed by atoms with Crippen molar-refractivity contribution in [1.29, 1.82) is 0 Å². The van der Waals surface area contributed by atoms with E-state index in [1.54, 1.807) is 24.3 Å². The zero-order chi connectivity index (χ0) is 21.7. The third-order valence-electron chi connectivity index (χ3n) is 5.00. The summed E-state index contributed by atoms with van der Waals surface area (Å²) < 4.78 is 58.6. The minimum absolute atomic E-state index is 0.101. The van der Waals surface area contributed by atoms with Gasteiger partial charge < -0.3 is 15.0 Å². The molecule has 0 aliphatic carbocycles. The first-order chi connectivity index (χ1) is 14.3. The van der Waals surface area contributed by atoms with E-state index in [1.807, 2.05) is 13.8 Å². The Hall–Kier alpha value is -2.39. The van der Waals surface area contributed by atoms with Gasteiger partial charge in [0.15, 0.2) is 0 Å². The van der Waals surface area contributed by atoms with Gasteiger partial charge in [-0.1, -0.05) is 25.1 Å². The fourth-order valence-corrected chi connectivity index (χ4v) is 5.14. The van der Waals surface area contributed by atoms with Gasteiger partial charge in [-0.2, -0.15) is 8.78 Å². The van der Waals surface area contributed by atoms with Gasteiger partial charge in [-0.05, 0) is 43.2 Å². The molecule has 1 saturated heterocycles. The molecule has 0 amide bonds. The lowest BCUT2D eigenvalue weighted by molar-refractivity contribution is -0.0494. The third-order valence-corrected chi connectivity index (χ3v) is 6.81. The minimum Gasteiger partial charge on any atom is -0.433 e. The number of halogens is 2. The highest BCUT2D eigenvalue weighted by atomic mass is 32.2. The van der Waals surface area contributed by atoms with Crippen LogP contribution in [0.15, 0.2) is 47.4 Å². The monoisotopic (exact) mass is 439 g/mol. The molecule has 0 unspecified atom stereocenters. The first-order valence-corrected chi connectivity index (χ1v) is 11.4. The highest BCUT2D eigenvalue weighted by molar-refractivity contribution is 7.92. The molecule has 1 aliphatic rings. The molecule has 1 N–H and O–H groups in total. The van der Waals surface area contributed by atoms with Crippen molar-refractivity contribution in [2.75, 3.05) is 41.9 Å². The van der Waals surface area contributed by atoms with Crippen molar-refractivity contribution >= 4 is 21.4 Å². The summed E-state index contributed by atoms with van der Waals surface area (Å²) in [7, 11) is -3.99. The molecule has 0 spiro atoms. The van der Waals surface area contributed by atoms with Crippen LogP contribution in [0.4, 0.5) is 20.2 Å². The van der Waals surface area contributed by atoms with Gasteiger partial charge in [-0.15, -0.1) is 0 Å². The average molecular weight is 440 g/mol. The third kappa shape index (κ3) is 4.84. The lowest BCUT2D eigenvalue weighted by Gasteiger charge is -2.31. The Bertz CT molecular complexity index is 964.